The Hall–Kier alpha value is -1.66. The number of carbonyl (C=O) groups excluding carboxylic acids is 1. The summed E-state index contributed by atoms with van der Waals surface area (Å²) in [6.07, 6.45) is 0.796. The second kappa shape index (κ2) is 10.8. The van der Waals surface area contributed by atoms with Gasteiger partial charge in [0.25, 0.3) is 0 Å². The predicted octanol–water partition coefficient (Wildman–Crippen LogP) is 2.03. The molecule has 0 spiro atoms. The van der Waals surface area contributed by atoms with Crippen LogP contribution in [0.2, 0.25) is 0 Å². The third-order valence-electron chi connectivity index (χ3n) is 1.16. The lowest BCUT2D eigenvalue weighted by molar-refractivity contribution is -0.485. The van der Waals surface area contributed by atoms with E-state index in [2.05, 4.69) is 28.0 Å². The van der Waals surface area contributed by atoms with E-state index in [4.69, 9.17) is 5.11 Å². The fraction of sp³-hybridized carbons (Fsp3) is 0.455. The lowest BCUT2D eigenvalue weighted by atomic mass is 10.4. The van der Waals surface area contributed by atoms with Crippen LogP contribution in [-0.4, -0.2) is 23.7 Å². The number of carboxylic acid groups (broad SMARTS) is 1. The van der Waals surface area contributed by atoms with E-state index in [0.29, 0.717) is 6.61 Å². The van der Waals surface area contributed by atoms with Gasteiger partial charge in [-0.15, -0.1) is 0 Å². The minimum Gasteiger partial charge on any atom is -0.478 e. The summed E-state index contributed by atoms with van der Waals surface area (Å²) in [5.74, 6) is -1.56. The highest BCUT2D eigenvalue weighted by atomic mass is 17.5. The molecule has 98 valence electrons. The van der Waals surface area contributed by atoms with Crippen molar-refractivity contribution in [3.8, 4) is 0 Å². The van der Waals surface area contributed by atoms with Crippen LogP contribution in [0.5, 0.6) is 0 Å². The van der Waals surface area contributed by atoms with Gasteiger partial charge < -0.3 is 5.11 Å². The van der Waals surface area contributed by atoms with Gasteiger partial charge in [-0.1, -0.05) is 20.1 Å². The quantitative estimate of drug-likeness (QED) is 0.334. The van der Waals surface area contributed by atoms with Crippen molar-refractivity contribution in [1.29, 1.82) is 0 Å². The van der Waals surface area contributed by atoms with Gasteiger partial charge in [-0.3, -0.25) is 4.89 Å². The van der Waals surface area contributed by atoms with Gasteiger partial charge in [0.15, 0.2) is 0 Å². The number of hydrogen-bond acceptors (Lipinski definition) is 5. The predicted molar refractivity (Wildman–Crippen MR) is 60.7 cm³/mol. The van der Waals surface area contributed by atoms with Gasteiger partial charge in [0.05, 0.1) is 6.61 Å². The molecule has 0 saturated heterocycles. The molecule has 0 radical (unpaired) electrons. The summed E-state index contributed by atoms with van der Waals surface area (Å²) >= 11 is 0. The first-order valence-corrected chi connectivity index (χ1v) is 4.87. The van der Waals surface area contributed by atoms with Crippen LogP contribution in [0.1, 0.15) is 27.2 Å². The molecule has 0 heterocycles. The van der Waals surface area contributed by atoms with Gasteiger partial charge in [-0.2, -0.15) is 4.89 Å². The van der Waals surface area contributed by atoms with Crippen molar-refractivity contribution in [2.75, 3.05) is 6.61 Å². The Balaban J connectivity index is 0. The van der Waals surface area contributed by atoms with Crippen LogP contribution in [-0.2, 0) is 24.4 Å². The maximum Gasteiger partial charge on any atom is 0.371 e. The Morgan fingerprint density at radius 3 is 1.94 bits per heavy atom. The van der Waals surface area contributed by atoms with Crippen molar-refractivity contribution in [3.05, 3.63) is 24.3 Å². The Kier molecular flexibility index (Phi) is 11.3. The van der Waals surface area contributed by atoms with E-state index in [-0.39, 0.29) is 11.1 Å². The summed E-state index contributed by atoms with van der Waals surface area (Å²) in [6.45, 7) is 11.8. The molecule has 0 rings (SSSR count). The van der Waals surface area contributed by atoms with E-state index >= 15 is 0 Å². The molecule has 0 aromatic rings. The van der Waals surface area contributed by atoms with Crippen LogP contribution in [0, 0.1) is 0 Å². The van der Waals surface area contributed by atoms with Crippen LogP contribution >= 0.6 is 0 Å². The zero-order valence-electron chi connectivity index (χ0n) is 10.3. The standard InChI is InChI=1S/C7H12O4.C4H6O2/c1-4-5-9-11-10-7(8)6(2)3;1-3(2)4(5)6/h2,4-5H2,1,3H3;1H2,2H3,(H,5,6). The van der Waals surface area contributed by atoms with Crippen molar-refractivity contribution in [2.24, 2.45) is 0 Å². The zero-order chi connectivity index (χ0) is 13.8. The van der Waals surface area contributed by atoms with E-state index in [1.165, 1.54) is 13.8 Å². The zero-order valence-corrected chi connectivity index (χ0v) is 10.3. The highest BCUT2D eigenvalue weighted by Gasteiger charge is 2.03. The second-order valence-corrected chi connectivity index (χ2v) is 3.13. The maximum atomic E-state index is 10.6. The second-order valence-electron chi connectivity index (χ2n) is 3.13. The molecule has 1 N–H and O–H groups in total. The summed E-state index contributed by atoms with van der Waals surface area (Å²) in [4.78, 5) is 28.7. The molecular weight excluding hydrogens is 228 g/mol. The van der Waals surface area contributed by atoms with Crippen molar-refractivity contribution >= 4 is 11.9 Å². The van der Waals surface area contributed by atoms with E-state index in [1.807, 2.05) is 6.92 Å². The lowest BCUT2D eigenvalue weighted by Gasteiger charge is -1.99. The summed E-state index contributed by atoms with van der Waals surface area (Å²) in [5, 5.41) is 12.0. The smallest absolute Gasteiger partial charge is 0.371 e. The molecule has 0 amide bonds. The Labute approximate surface area is 100 Å². The molecule has 0 aromatic carbocycles. The Bertz CT molecular complexity index is 270. The van der Waals surface area contributed by atoms with Gasteiger partial charge in [0.2, 0.25) is 0 Å². The molecule has 6 heteroatoms. The minimum atomic E-state index is -0.935. The molecule has 0 aromatic heterocycles. The molecule has 0 atom stereocenters. The first kappa shape index (κ1) is 17.7. The molecule has 0 aliphatic rings. The van der Waals surface area contributed by atoms with Gasteiger partial charge >= 0.3 is 11.9 Å². The number of rotatable bonds is 6. The molecule has 0 bridgehead atoms. The summed E-state index contributed by atoms with van der Waals surface area (Å²) in [7, 11) is 0. The molecule has 0 aliphatic heterocycles. The first-order chi connectivity index (χ1) is 7.82. The normalized spacial score (nSPS) is 8.65. The van der Waals surface area contributed by atoms with E-state index < -0.39 is 11.9 Å². The van der Waals surface area contributed by atoms with Crippen LogP contribution in [0.3, 0.4) is 0 Å². The van der Waals surface area contributed by atoms with Gasteiger partial charge in [0, 0.05) is 11.1 Å². The van der Waals surface area contributed by atoms with Crippen LogP contribution in [0.25, 0.3) is 0 Å². The molecule has 0 unspecified atom stereocenters. The topological polar surface area (TPSA) is 82.1 Å². The van der Waals surface area contributed by atoms with E-state index in [9.17, 15) is 9.59 Å². The largest absolute Gasteiger partial charge is 0.478 e. The van der Waals surface area contributed by atoms with Gasteiger partial charge in [0.1, 0.15) is 0 Å². The SMILES string of the molecule is C=C(C)C(=O)O.C=C(C)C(=O)OOOCCC. The van der Waals surface area contributed by atoms with Crippen molar-refractivity contribution in [1.82, 2.24) is 0 Å². The van der Waals surface area contributed by atoms with Crippen LogP contribution < -0.4 is 0 Å². The van der Waals surface area contributed by atoms with Crippen molar-refractivity contribution < 1.29 is 29.5 Å². The molecule has 0 saturated carbocycles. The molecule has 17 heavy (non-hydrogen) atoms. The molecule has 0 fully saturated rings. The maximum absolute atomic E-state index is 10.6. The lowest BCUT2D eigenvalue weighted by Crippen LogP contribution is -2.06. The van der Waals surface area contributed by atoms with Crippen molar-refractivity contribution in [2.45, 2.75) is 27.2 Å². The third-order valence-corrected chi connectivity index (χ3v) is 1.16. The average molecular weight is 246 g/mol. The molecule has 0 aliphatic carbocycles. The van der Waals surface area contributed by atoms with Crippen LogP contribution in [0.4, 0.5) is 0 Å². The fourth-order valence-corrected chi connectivity index (χ4v) is 0.243. The summed E-state index contributed by atoms with van der Waals surface area (Å²) < 4.78 is 0. The van der Waals surface area contributed by atoms with E-state index in [0.717, 1.165) is 6.42 Å². The fourth-order valence-electron chi connectivity index (χ4n) is 0.243. The number of hydrogen-bond donors (Lipinski definition) is 1. The number of carboxylic acids is 1. The van der Waals surface area contributed by atoms with Gasteiger partial charge in [-0.05, 0) is 25.3 Å². The first-order valence-electron chi connectivity index (χ1n) is 4.87. The third kappa shape index (κ3) is 14.3. The monoisotopic (exact) mass is 246 g/mol. The number of aliphatic carboxylic acids is 1. The summed E-state index contributed by atoms with van der Waals surface area (Å²) in [5.41, 5.74) is 0.445. The average Bonchev–Trinajstić information content (AvgIpc) is 2.24. The highest BCUT2D eigenvalue weighted by molar-refractivity contribution is 5.86. The van der Waals surface area contributed by atoms with Gasteiger partial charge in [-0.25, -0.2) is 9.59 Å². The molecule has 6 nitrogen and oxygen atoms in total. The Morgan fingerprint density at radius 2 is 1.65 bits per heavy atom. The van der Waals surface area contributed by atoms with E-state index in [1.54, 1.807) is 0 Å². The highest BCUT2D eigenvalue weighted by Crippen LogP contribution is 1.93. The number of carbonyl (C=O) groups is 2. The molecular formula is C11H18O6. The van der Waals surface area contributed by atoms with Crippen LogP contribution in [0.15, 0.2) is 24.3 Å². The van der Waals surface area contributed by atoms with Crippen molar-refractivity contribution in [3.63, 3.8) is 0 Å². The Morgan fingerprint density at radius 1 is 1.18 bits per heavy atom. The minimum absolute atomic E-state index is 0.176. The summed E-state index contributed by atoms with van der Waals surface area (Å²) in [6, 6.07) is 0.